The summed E-state index contributed by atoms with van der Waals surface area (Å²) in [5.74, 6) is -0.778. The molecule has 20 heavy (non-hydrogen) atoms. The molecule has 0 aliphatic carbocycles. The molecule has 7 heteroatoms. The summed E-state index contributed by atoms with van der Waals surface area (Å²) < 4.78 is 6.06. The SMILES string of the molecule is CCOC(=O)c1cn(CC(=O)c2ccccc2Cl)nn1. The molecule has 0 N–H and O–H groups in total. The van der Waals surface area contributed by atoms with E-state index in [1.165, 1.54) is 10.9 Å². The van der Waals surface area contributed by atoms with Crippen molar-refractivity contribution >= 4 is 23.4 Å². The number of hydrogen-bond acceptors (Lipinski definition) is 5. The zero-order valence-corrected chi connectivity index (χ0v) is 11.5. The first-order valence-electron chi connectivity index (χ1n) is 5.96. The van der Waals surface area contributed by atoms with Gasteiger partial charge in [0.25, 0.3) is 0 Å². The molecule has 0 spiro atoms. The van der Waals surface area contributed by atoms with Crippen LogP contribution in [0.15, 0.2) is 30.5 Å². The predicted octanol–water partition coefficient (Wildman–Crippen LogP) is 1.99. The fourth-order valence-electron chi connectivity index (χ4n) is 1.59. The molecule has 0 fully saturated rings. The lowest BCUT2D eigenvalue weighted by atomic mass is 10.1. The van der Waals surface area contributed by atoms with Crippen molar-refractivity contribution in [2.24, 2.45) is 0 Å². The number of ketones is 1. The molecule has 1 aromatic heterocycles. The van der Waals surface area contributed by atoms with Gasteiger partial charge in [-0.05, 0) is 19.1 Å². The molecular formula is C13H12ClN3O3. The van der Waals surface area contributed by atoms with Crippen molar-refractivity contribution in [1.29, 1.82) is 0 Å². The molecule has 6 nitrogen and oxygen atoms in total. The lowest BCUT2D eigenvalue weighted by Crippen LogP contribution is -2.11. The maximum Gasteiger partial charge on any atom is 0.360 e. The van der Waals surface area contributed by atoms with Gasteiger partial charge in [-0.15, -0.1) is 5.10 Å². The molecule has 0 radical (unpaired) electrons. The summed E-state index contributed by atoms with van der Waals surface area (Å²) in [5.41, 5.74) is 0.473. The minimum Gasteiger partial charge on any atom is -0.461 e. The molecule has 0 aliphatic rings. The monoisotopic (exact) mass is 293 g/mol. The molecule has 1 aromatic carbocycles. The average molecular weight is 294 g/mol. The van der Waals surface area contributed by atoms with Gasteiger partial charge >= 0.3 is 5.97 Å². The highest BCUT2D eigenvalue weighted by Gasteiger charge is 2.15. The number of halogens is 1. The van der Waals surface area contributed by atoms with Crippen molar-refractivity contribution in [2.45, 2.75) is 13.5 Å². The summed E-state index contributed by atoms with van der Waals surface area (Å²) in [7, 11) is 0. The fraction of sp³-hybridized carbons (Fsp3) is 0.231. The van der Waals surface area contributed by atoms with Gasteiger partial charge in [-0.2, -0.15) is 0 Å². The largest absolute Gasteiger partial charge is 0.461 e. The molecule has 104 valence electrons. The average Bonchev–Trinajstić information content (AvgIpc) is 2.88. The Balaban J connectivity index is 2.09. The fourth-order valence-corrected chi connectivity index (χ4v) is 1.84. The van der Waals surface area contributed by atoms with E-state index in [9.17, 15) is 9.59 Å². The predicted molar refractivity (Wildman–Crippen MR) is 71.8 cm³/mol. The van der Waals surface area contributed by atoms with Crippen LogP contribution in [0.3, 0.4) is 0 Å². The van der Waals surface area contributed by atoms with E-state index in [1.54, 1.807) is 31.2 Å². The van der Waals surface area contributed by atoms with E-state index in [-0.39, 0.29) is 24.6 Å². The van der Waals surface area contributed by atoms with E-state index >= 15 is 0 Å². The van der Waals surface area contributed by atoms with E-state index in [4.69, 9.17) is 16.3 Å². The van der Waals surface area contributed by atoms with Gasteiger partial charge in [0, 0.05) is 5.56 Å². The number of carbonyl (C=O) groups excluding carboxylic acids is 2. The standard InChI is InChI=1S/C13H12ClN3O3/c1-2-20-13(19)11-7-17(16-15-11)8-12(18)9-5-3-4-6-10(9)14/h3-7H,2,8H2,1H3. The molecule has 0 aliphatic heterocycles. The number of ether oxygens (including phenoxy) is 1. The minimum absolute atomic E-state index is 0.0455. The molecule has 1 heterocycles. The Morgan fingerprint density at radius 1 is 1.35 bits per heavy atom. The van der Waals surface area contributed by atoms with Crippen LogP contribution < -0.4 is 0 Å². The number of hydrogen-bond donors (Lipinski definition) is 0. The van der Waals surface area contributed by atoms with Crippen molar-refractivity contribution in [2.75, 3.05) is 6.61 Å². The molecule has 0 saturated heterocycles. The van der Waals surface area contributed by atoms with Gasteiger partial charge in [0.2, 0.25) is 0 Å². The first-order chi connectivity index (χ1) is 9.61. The van der Waals surface area contributed by atoms with Crippen LogP contribution in [0.25, 0.3) is 0 Å². The molecule has 0 unspecified atom stereocenters. The highest BCUT2D eigenvalue weighted by Crippen LogP contribution is 2.16. The topological polar surface area (TPSA) is 74.1 Å². The van der Waals surface area contributed by atoms with Gasteiger partial charge in [0.15, 0.2) is 11.5 Å². The highest BCUT2D eigenvalue weighted by atomic mass is 35.5. The number of benzene rings is 1. The lowest BCUT2D eigenvalue weighted by molar-refractivity contribution is 0.0519. The van der Waals surface area contributed by atoms with Crippen LogP contribution in [0.1, 0.15) is 27.8 Å². The Labute approximate surface area is 120 Å². The summed E-state index contributed by atoms with van der Waals surface area (Å²) in [5, 5.41) is 7.75. The van der Waals surface area contributed by atoms with Crippen LogP contribution in [0.2, 0.25) is 5.02 Å². The number of Topliss-reactive ketones (excluding diaryl/α,β-unsaturated/α-hetero) is 1. The second kappa shape index (κ2) is 6.29. The quantitative estimate of drug-likeness (QED) is 0.622. The lowest BCUT2D eigenvalue weighted by Gasteiger charge is -2.02. The number of carbonyl (C=O) groups is 2. The van der Waals surface area contributed by atoms with Crippen molar-refractivity contribution < 1.29 is 14.3 Å². The normalized spacial score (nSPS) is 10.3. The second-order valence-corrected chi connectivity index (χ2v) is 4.33. The molecule has 2 rings (SSSR count). The van der Waals surface area contributed by atoms with Crippen molar-refractivity contribution in [1.82, 2.24) is 15.0 Å². The molecule has 0 amide bonds. The van der Waals surface area contributed by atoms with E-state index in [1.807, 2.05) is 0 Å². The second-order valence-electron chi connectivity index (χ2n) is 3.92. The molecule has 0 atom stereocenters. The Kier molecular flexibility index (Phi) is 4.47. The number of esters is 1. The summed E-state index contributed by atoms with van der Waals surface area (Å²) in [4.78, 5) is 23.5. The van der Waals surface area contributed by atoms with Crippen molar-refractivity contribution in [3.05, 3.63) is 46.7 Å². The first-order valence-corrected chi connectivity index (χ1v) is 6.34. The Bertz CT molecular complexity index is 639. The van der Waals surface area contributed by atoms with Crippen LogP contribution in [-0.2, 0) is 11.3 Å². The maximum atomic E-state index is 12.1. The zero-order valence-electron chi connectivity index (χ0n) is 10.7. The maximum absolute atomic E-state index is 12.1. The zero-order chi connectivity index (χ0) is 14.5. The Morgan fingerprint density at radius 2 is 2.10 bits per heavy atom. The number of aromatic nitrogens is 3. The summed E-state index contributed by atoms with van der Waals surface area (Å²) in [6.45, 7) is 1.91. The summed E-state index contributed by atoms with van der Waals surface area (Å²) in [6, 6.07) is 6.74. The Hall–Kier alpha value is -2.21. The number of nitrogens with zero attached hydrogens (tertiary/aromatic N) is 3. The van der Waals surface area contributed by atoms with E-state index in [0.717, 1.165) is 0 Å². The van der Waals surface area contributed by atoms with Crippen LogP contribution in [0, 0.1) is 0 Å². The van der Waals surface area contributed by atoms with E-state index in [0.29, 0.717) is 10.6 Å². The van der Waals surface area contributed by atoms with Gasteiger partial charge in [0.05, 0.1) is 17.8 Å². The van der Waals surface area contributed by atoms with E-state index in [2.05, 4.69) is 10.3 Å². The Morgan fingerprint density at radius 3 is 2.80 bits per heavy atom. The van der Waals surface area contributed by atoms with Crippen LogP contribution >= 0.6 is 11.6 Å². The minimum atomic E-state index is -0.566. The van der Waals surface area contributed by atoms with Gasteiger partial charge < -0.3 is 4.74 Å². The third-order valence-electron chi connectivity index (χ3n) is 2.50. The first kappa shape index (κ1) is 14.2. The van der Waals surface area contributed by atoms with Gasteiger partial charge in [-0.3, -0.25) is 4.79 Å². The molecular weight excluding hydrogens is 282 g/mol. The third-order valence-corrected chi connectivity index (χ3v) is 2.83. The summed E-state index contributed by atoms with van der Waals surface area (Å²) in [6.07, 6.45) is 1.37. The van der Waals surface area contributed by atoms with Crippen molar-refractivity contribution in [3.8, 4) is 0 Å². The van der Waals surface area contributed by atoms with E-state index < -0.39 is 5.97 Å². The van der Waals surface area contributed by atoms with Gasteiger partial charge in [0.1, 0.15) is 6.54 Å². The van der Waals surface area contributed by atoms with Crippen LogP contribution in [0.5, 0.6) is 0 Å². The van der Waals surface area contributed by atoms with Crippen LogP contribution in [-0.4, -0.2) is 33.4 Å². The molecule has 0 saturated carbocycles. The third kappa shape index (κ3) is 3.21. The molecule has 0 bridgehead atoms. The van der Waals surface area contributed by atoms with Crippen LogP contribution in [0.4, 0.5) is 0 Å². The molecule has 2 aromatic rings. The smallest absolute Gasteiger partial charge is 0.360 e. The highest BCUT2D eigenvalue weighted by molar-refractivity contribution is 6.33. The van der Waals surface area contributed by atoms with Crippen molar-refractivity contribution in [3.63, 3.8) is 0 Å². The number of rotatable bonds is 5. The van der Waals surface area contributed by atoms with Gasteiger partial charge in [-0.1, -0.05) is 28.9 Å². The summed E-state index contributed by atoms with van der Waals surface area (Å²) >= 11 is 5.94. The van der Waals surface area contributed by atoms with Gasteiger partial charge in [-0.25, -0.2) is 9.48 Å².